The molecule has 0 unspecified atom stereocenters. The fourth-order valence-electron chi connectivity index (χ4n) is 8.95. The Labute approximate surface area is 182 Å². The lowest BCUT2D eigenvalue weighted by Crippen LogP contribution is -2.66. The van der Waals surface area contributed by atoms with Crippen LogP contribution in [0.3, 0.4) is 0 Å². The zero-order valence-corrected chi connectivity index (χ0v) is 19.3. The van der Waals surface area contributed by atoms with Gasteiger partial charge in [0.2, 0.25) is 0 Å². The van der Waals surface area contributed by atoms with Crippen molar-refractivity contribution in [1.82, 2.24) is 0 Å². The third-order valence-corrected chi connectivity index (χ3v) is 10.6. The topological polar surface area (TPSA) is 92.8 Å². The van der Waals surface area contributed by atoms with Crippen LogP contribution in [0.5, 0.6) is 0 Å². The molecule has 0 amide bonds. The van der Waals surface area contributed by atoms with Crippen LogP contribution in [0.15, 0.2) is 0 Å². The SMILES string of the molecule is COC(=O)CC[C@@H](C)[C@H]1CC[C@H]2[C@@H]3[C@H](N)[C@H](O)[C@@H]4C[C@H](O)CC[C@]4(C)[C@H]3CC[C@]12C. The molecule has 0 aromatic heterocycles. The molecule has 5 nitrogen and oxygen atoms in total. The van der Waals surface area contributed by atoms with E-state index in [0.29, 0.717) is 42.4 Å². The quantitative estimate of drug-likeness (QED) is 0.604. The van der Waals surface area contributed by atoms with Crippen molar-refractivity contribution < 1.29 is 19.7 Å². The molecule has 4 rings (SSSR count). The number of hydrogen-bond donors (Lipinski definition) is 3. The van der Waals surface area contributed by atoms with Crippen LogP contribution in [0.4, 0.5) is 0 Å². The number of carbonyl (C=O) groups excluding carboxylic acids is 1. The maximum atomic E-state index is 11.7. The molecule has 0 saturated heterocycles. The van der Waals surface area contributed by atoms with Crippen LogP contribution < -0.4 is 5.73 Å². The van der Waals surface area contributed by atoms with Gasteiger partial charge in [0.05, 0.1) is 19.3 Å². The normalized spacial score (nSPS) is 51.4. The van der Waals surface area contributed by atoms with Crippen molar-refractivity contribution in [2.45, 2.75) is 96.8 Å². The summed E-state index contributed by atoms with van der Waals surface area (Å²) in [5.74, 6) is 2.59. The summed E-state index contributed by atoms with van der Waals surface area (Å²) in [7, 11) is 1.47. The number of methoxy groups -OCH3 is 1. The predicted octanol–water partition coefficient (Wildman–Crippen LogP) is 3.50. The van der Waals surface area contributed by atoms with E-state index in [-0.39, 0.29) is 34.9 Å². The Morgan fingerprint density at radius 3 is 2.43 bits per heavy atom. The van der Waals surface area contributed by atoms with E-state index in [2.05, 4.69) is 20.8 Å². The molecule has 0 aromatic carbocycles. The van der Waals surface area contributed by atoms with Crippen LogP contribution in [-0.2, 0) is 9.53 Å². The number of hydrogen-bond acceptors (Lipinski definition) is 5. The highest BCUT2D eigenvalue weighted by molar-refractivity contribution is 5.69. The molecular weight excluding hydrogens is 378 g/mol. The first-order chi connectivity index (χ1) is 14.1. The van der Waals surface area contributed by atoms with Crippen LogP contribution in [0.25, 0.3) is 0 Å². The van der Waals surface area contributed by atoms with E-state index in [9.17, 15) is 15.0 Å². The number of aliphatic hydroxyl groups excluding tert-OH is 2. The van der Waals surface area contributed by atoms with E-state index in [1.165, 1.54) is 32.8 Å². The number of fused-ring (bicyclic) bond motifs is 5. The molecule has 0 aliphatic heterocycles. The van der Waals surface area contributed by atoms with Gasteiger partial charge in [-0.2, -0.15) is 0 Å². The monoisotopic (exact) mass is 421 g/mol. The third kappa shape index (κ3) is 3.34. The lowest BCUT2D eigenvalue weighted by atomic mass is 9.42. The maximum Gasteiger partial charge on any atom is 0.305 e. The number of carbonyl (C=O) groups is 1. The predicted molar refractivity (Wildman–Crippen MR) is 116 cm³/mol. The molecule has 4 aliphatic rings. The Hall–Kier alpha value is -0.650. The highest BCUT2D eigenvalue weighted by atomic mass is 16.5. The smallest absolute Gasteiger partial charge is 0.305 e. The van der Waals surface area contributed by atoms with E-state index in [1.807, 2.05) is 0 Å². The summed E-state index contributed by atoms with van der Waals surface area (Å²) in [6, 6.07) is -0.188. The zero-order valence-electron chi connectivity index (χ0n) is 19.3. The van der Waals surface area contributed by atoms with Crippen molar-refractivity contribution in [1.29, 1.82) is 0 Å². The van der Waals surface area contributed by atoms with E-state index in [4.69, 9.17) is 10.5 Å². The van der Waals surface area contributed by atoms with Crippen LogP contribution in [-0.4, -0.2) is 41.5 Å². The summed E-state index contributed by atoms with van der Waals surface area (Å²) in [5.41, 5.74) is 7.14. The van der Waals surface area contributed by atoms with Crippen molar-refractivity contribution in [3.63, 3.8) is 0 Å². The molecule has 11 atom stereocenters. The van der Waals surface area contributed by atoms with Crippen molar-refractivity contribution in [2.24, 2.45) is 52.1 Å². The lowest BCUT2D eigenvalue weighted by Gasteiger charge is -2.64. The van der Waals surface area contributed by atoms with Crippen molar-refractivity contribution in [3.05, 3.63) is 0 Å². The summed E-state index contributed by atoms with van der Waals surface area (Å²) >= 11 is 0. The van der Waals surface area contributed by atoms with Crippen LogP contribution in [0.1, 0.15) is 78.6 Å². The van der Waals surface area contributed by atoms with Crippen LogP contribution in [0.2, 0.25) is 0 Å². The van der Waals surface area contributed by atoms with Crippen molar-refractivity contribution in [2.75, 3.05) is 7.11 Å². The summed E-state index contributed by atoms with van der Waals surface area (Å²) in [6.45, 7) is 7.16. The molecule has 5 heteroatoms. The number of nitrogens with two attached hydrogens (primary N) is 1. The van der Waals surface area contributed by atoms with Gasteiger partial charge in [0.15, 0.2) is 0 Å². The Morgan fingerprint density at radius 1 is 1.07 bits per heavy atom. The molecule has 4 aliphatic carbocycles. The van der Waals surface area contributed by atoms with Gasteiger partial charge in [-0.25, -0.2) is 0 Å². The number of rotatable bonds is 4. The van der Waals surface area contributed by atoms with Crippen molar-refractivity contribution >= 4 is 5.97 Å². The molecule has 0 radical (unpaired) electrons. The minimum Gasteiger partial charge on any atom is -0.469 e. The molecule has 0 spiro atoms. The molecular formula is C25H43NO4. The molecule has 0 aromatic rings. The number of esters is 1. The van der Waals surface area contributed by atoms with E-state index in [1.54, 1.807) is 0 Å². The van der Waals surface area contributed by atoms with Crippen LogP contribution >= 0.6 is 0 Å². The molecule has 0 heterocycles. The second-order valence-corrected chi connectivity index (χ2v) is 11.7. The van der Waals surface area contributed by atoms with E-state index < -0.39 is 6.10 Å². The summed E-state index contributed by atoms with van der Waals surface area (Å²) in [5, 5.41) is 21.5. The highest BCUT2D eigenvalue weighted by Gasteiger charge is 2.64. The Morgan fingerprint density at radius 2 is 1.73 bits per heavy atom. The molecule has 4 saturated carbocycles. The van der Waals surface area contributed by atoms with E-state index >= 15 is 0 Å². The van der Waals surface area contributed by atoms with Gasteiger partial charge < -0.3 is 20.7 Å². The van der Waals surface area contributed by atoms with Crippen LogP contribution in [0, 0.1) is 46.3 Å². The Kier molecular flexibility index (Phi) is 6.04. The second-order valence-electron chi connectivity index (χ2n) is 11.7. The number of aliphatic hydroxyl groups is 2. The minimum atomic E-state index is -0.510. The molecule has 172 valence electrons. The number of ether oxygens (including phenoxy) is 1. The third-order valence-electron chi connectivity index (χ3n) is 10.6. The second kappa shape index (κ2) is 8.04. The summed E-state index contributed by atoms with van der Waals surface area (Å²) in [4.78, 5) is 11.7. The van der Waals surface area contributed by atoms with Gasteiger partial charge in [-0.1, -0.05) is 20.8 Å². The maximum absolute atomic E-state index is 11.7. The fraction of sp³-hybridized carbons (Fsp3) is 0.960. The minimum absolute atomic E-state index is 0.0924. The first-order valence-electron chi connectivity index (χ1n) is 12.3. The largest absolute Gasteiger partial charge is 0.469 e. The Bertz CT molecular complexity index is 655. The molecule has 4 N–H and O–H groups in total. The standard InChI is InChI=1S/C25H43NO4/c1-14(5-8-20(28)30-4)16-6-7-17-21-18(10-12-24(16,17)2)25(3)11-9-15(27)13-19(25)23(29)22(21)26/h14-19,21-23,27,29H,5-13,26H2,1-4H3/t14-,15-,16-,17+,18+,19+,21+,22+,23-,24-,25-/m1/s1. The fourth-order valence-corrected chi connectivity index (χ4v) is 8.95. The zero-order chi connectivity index (χ0) is 21.8. The van der Waals surface area contributed by atoms with Gasteiger partial charge >= 0.3 is 5.97 Å². The average molecular weight is 422 g/mol. The Balaban J connectivity index is 1.56. The lowest BCUT2D eigenvalue weighted by molar-refractivity contribution is -0.181. The van der Waals surface area contributed by atoms with Gasteiger partial charge in [-0.05, 0) is 97.7 Å². The first kappa shape index (κ1) is 22.5. The van der Waals surface area contributed by atoms with Gasteiger partial charge in [0.25, 0.3) is 0 Å². The summed E-state index contributed by atoms with van der Waals surface area (Å²) in [6.07, 6.45) is 7.95. The highest BCUT2D eigenvalue weighted by Crippen LogP contribution is 2.68. The average Bonchev–Trinajstić information content (AvgIpc) is 3.08. The molecule has 4 fully saturated rings. The summed E-state index contributed by atoms with van der Waals surface area (Å²) < 4.78 is 4.86. The van der Waals surface area contributed by atoms with Gasteiger partial charge in [0, 0.05) is 12.5 Å². The van der Waals surface area contributed by atoms with Gasteiger partial charge in [-0.3, -0.25) is 4.79 Å². The molecule has 30 heavy (non-hydrogen) atoms. The first-order valence-corrected chi connectivity index (χ1v) is 12.3. The molecule has 0 bridgehead atoms. The van der Waals surface area contributed by atoms with Gasteiger partial charge in [0.1, 0.15) is 0 Å². The van der Waals surface area contributed by atoms with Crippen molar-refractivity contribution in [3.8, 4) is 0 Å². The van der Waals surface area contributed by atoms with E-state index in [0.717, 1.165) is 19.3 Å². The van der Waals surface area contributed by atoms with Gasteiger partial charge in [-0.15, -0.1) is 0 Å².